The van der Waals surface area contributed by atoms with E-state index < -0.39 is 0 Å². The van der Waals surface area contributed by atoms with Gasteiger partial charge in [0.15, 0.2) is 0 Å². The number of benzene rings is 2. The first-order valence-corrected chi connectivity index (χ1v) is 11.9. The standard InChI is InChI=1S/C26H22N4O3S/c27-15-17-7-4-5-11-21(17)28-23-20-12-13-22(32)30(18-8-2-1-3-9-18)26(20)34-24(23)25(33)29-14-6-10-19(29)16-31/h1-5,7-9,11-13,19,28,31H,6,10,14,16H2/t19-/m0/s1. The highest BCUT2D eigenvalue weighted by molar-refractivity contribution is 7.21. The van der Waals surface area contributed by atoms with Crippen molar-refractivity contribution in [2.75, 3.05) is 18.5 Å². The van der Waals surface area contributed by atoms with Crippen LogP contribution in [0.2, 0.25) is 0 Å². The van der Waals surface area contributed by atoms with Crippen LogP contribution in [0.25, 0.3) is 15.9 Å². The lowest BCUT2D eigenvalue weighted by atomic mass is 10.1. The van der Waals surface area contributed by atoms with Crippen LogP contribution in [0.5, 0.6) is 0 Å². The van der Waals surface area contributed by atoms with Gasteiger partial charge in [0.2, 0.25) is 0 Å². The summed E-state index contributed by atoms with van der Waals surface area (Å²) in [6.45, 7) is 0.476. The third-order valence-electron chi connectivity index (χ3n) is 6.11. The summed E-state index contributed by atoms with van der Waals surface area (Å²) >= 11 is 1.24. The van der Waals surface area contributed by atoms with E-state index in [0.29, 0.717) is 44.3 Å². The topological polar surface area (TPSA) is 98.4 Å². The molecule has 2 N–H and O–H groups in total. The van der Waals surface area contributed by atoms with E-state index in [0.717, 1.165) is 12.8 Å². The third-order valence-corrected chi connectivity index (χ3v) is 7.28. The summed E-state index contributed by atoms with van der Waals surface area (Å²) in [5.41, 5.74) is 2.09. The van der Waals surface area contributed by atoms with Crippen LogP contribution in [0, 0.1) is 11.3 Å². The summed E-state index contributed by atoms with van der Waals surface area (Å²) in [6.07, 6.45) is 1.58. The smallest absolute Gasteiger partial charge is 0.266 e. The lowest BCUT2D eigenvalue weighted by molar-refractivity contribution is 0.0683. The number of pyridine rings is 1. The Labute approximate surface area is 200 Å². The van der Waals surface area contributed by atoms with E-state index in [1.165, 1.54) is 17.4 Å². The summed E-state index contributed by atoms with van der Waals surface area (Å²) in [6, 6.07) is 21.6. The zero-order chi connectivity index (χ0) is 23.7. The van der Waals surface area contributed by atoms with Gasteiger partial charge in [-0.05, 0) is 43.2 Å². The van der Waals surface area contributed by atoms with E-state index in [1.807, 2.05) is 36.4 Å². The van der Waals surface area contributed by atoms with Crippen LogP contribution in [0.15, 0.2) is 71.5 Å². The van der Waals surface area contributed by atoms with E-state index in [4.69, 9.17) is 0 Å². The second kappa shape index (κ2) is 9.14. The molecule has 2 aromatic heterocycles. The number of hydrogen-bond acceptors (Lipinski definition) is 6. The maximum absolute atomic E-state index is 13.7. The molecule has 2 aromatic carbocycles. The number of carbonyl (C=O) groups is 1. The van der Waals surface area contributed by atoms with Crippen molar-refractivity contribution in [3.8, 4) is 11.8 Å². The van der Waals surface area contributed by atoms with Crippen LogP contribution in [-0.2, 0) is 0 Å². The highest BCUT2D eigenvalue weighted by Gasteiger charge is 2.32. The van der Waals surface area contributed by atoms with Gasteiger partial charge in [-0.25, -0.2) is 0 Å². The lowest BCUT2D eigenvalue weighted by Crippen LogP contribution is -2.37. The molecule has 0 bridgehead atoms. The van der Waals surface area contributed by atoms with Crippen LogP contribution in [0.1, 0.15) is 28.1 Å². The number of carbonyl (C=O) groups excluding carboxylic acids is 1. The molecule has 1 aliphatic rings. The fourth-order valence-corrected chi connectivity index (χ4v) is 5.65. The quantitative estimate of drug-likeness (QED) is 0.454. The summed E-state index contributed by atoms with van der Waals surface area (Å²) in [5.74, 6) is -0.193. The number of rotatable bonds is 5. The number of anilines is 2. The first kappa shape index (κ1) is 21.9. The minimum absolute atomic E-state index is 0.0919. The summed E-state index contributed by atoms with van der Waals surface area (Å²) < 4.78 is 1.60. The lowest BCUT2D eigenvalue weighted by Gasteiger charge is -2.23. The van der Waals surface area contributed by atoms with Crippen LogP contribution < -0.4 is 10.9 Å². The van der Waals surface area contributed by atoms with Crippen molar-refractivity contribution < 1.29 is 9.90 Å². The Morgan fingerprint density at radius 2 is 1.88 bits per heavy atom. The number of nitrogens with one attached hydrogen (secondary N) is 1. The van der Waals surface area contributed by atoms with Gasteiger partial charge >= 0.3 is 0 Å². The number of thiophene rings is 1. The molecule has 1 aliphatic heterocycles. The molecular weight excluding hydrogens is 448 g/mol. The molecule has 3 heterocycles. The zero-order valence-corrected chi connectivity index (χ0v) is 19.1. The SMILES string of the molecule is N#Cc1ccccc1Nc1c(C(=O)N2CCC[C@H]2CO)sc2c1ccc(=O)n2-c1ccccc1. The van der Waals surface area contributed by atoms with E-state index in [-0.39, 0.29) is 24.1 Å². The Kier molecular flexibility index (Phi) is 5.88. The number of fused-ring (bicyclic) bond motifs is 1. The summed E-state index contributed by atoms with van der Waals surface area (Å²) in [4.78, 5) is 29.4. The number of hydrogen-bond donors (Lipinski definition) is 2. The molecule has 1 atom stereocenters. The minimum atomic E-state index is -0.228. The molecular formula is C26H22N4O3S. The van der Waals surface area contributed by atoms with E-state index in [9.17, 15) is 20.0 Å². The van der Waals surface area contributed by atoms with Crippen molar-refractivity contribution in [1.82, 2.24) is 9.47 Å². The average Bonchev–Trinajstić information content (AvgIpc) is 3.49. The average molecular weight is 471 g/mol. The number of aromatic nitrogens is 1. The summed E-state index contributed by atoms with van der Waals surface area (Å²) in [7, 11) is 0. The van der Waals surface area contributed by atoms with Gasteiger partial charge in [-0.2, -0.15) is 5.26 Å². The van der Waals surface area contributed by atoms with E-state index in [2.05, 4.69) is 11.4 Å². The van der Waals surface area contributed by atoms with Crippen molar-refractivity contribution in [2.45, 2.75) is 18.9 Å². The normalized spacial score (nSPS) is 15.4. The molecule has 7 nitrogen and oxygen atoms in total. The molecule has 0 unspecified atom stereocenters. The number of amides is 1. The Hall–Kier alpha value is -3.93. The fourth-order valence-electron chi connectivity index (χ4n) is 4.43. The van der Waals surface area contributed by atoms with Crippen LogP contribution in [0.4, 0.5) is 11.4 Å². The van der Waals surface area contributed by atoms with Gasteiger partial charge in [-0.15, -0.1) is 11.3 Å². The molecule has 170 valence electrons. The molecule has 1 amide bonds. The molecule has 0 aliphatic carbocycles. The van der Waals surface area contributed by atoms with Crippen molar-refractivity contribution in [1.29, 1.82) is 5.26 Å². The Bertz CT molecular complexity index is 1470. The fraction of sp³-hybridized carbons (Fsp3) is 0.192. The number of likely N-dealkylation sites (tertiary alicyclic amines) is 1. The zero-order valence-electron chi connectivity index (χ0n) is 18.3. The van der Waals surface area contributed by atoms with Crippen molar-refractivity contribution >= 4 is 38.8 Å². The van der Waals surface area contributed by atoms with Gasteiger partial charge in [-0.3, -0.25) is 14.2 Å². The second-order valence-electron chi connectivity index (χ2n) is 8.13. The predicted octanol–water partition coefficient (Wildman–Crippen LogP) is 4.26. The molecule has 0 radical (unpaired) electrons. The van der Waals surface area contributed by atoms with Gasteiger partial charge in [-0.1, -0.05) is 30.3 Å². The molecule has 0 spiro atoms. The van der Waals surface area contributed by atoms with Gasteiger partial charge in [0, 0.05) is 18.0 Å². The first-order chi connectivity index (χ1) is 16.6. The largest absolute Gasteiger partial charge is 0.394 e. The van der Waals surface area contributed by atoms with E-state index >= 15 is 0 Å². The predicted molar refractivity (Wildman–Crippen MR) is 133 cm³/mol. The molecule has 0 saturated carbocycles. The third kappa shape index (κ3) is 3.75. The van der Waals surface area contributed by atoms with Crippen molar-refractivity contribution in [3.05, 3.63) is 87.5 Å². The Balaban J connectivity index is 1.74. The number of para-hydroxylation sites is 2. The maximum atomic E-state index is 13.7. The number of nitriles is 1. The number of aliphatic hydroxyl groups excluding tert-OH is 1. The highest BCUT2D eigenvalue weighted by atomic mass is 32.1. The van der Waals surface area contributed by atoms with Crippen molar-refractivity contribution in [2.24, 2.45) is 0 Å². The van der Waals surface area contributed by atoms with E-state index in [1.54, 1.807) is 33.7 Å². The highest BCUT2D eigenvalue weighted by Crippen LogP contribution is 2.40. The minimum Gasteiger partial charge on any atom is -0.394 e. The molecule has 1 fully saturated rings. The molecule has 5 rings (SSSR count). The van der Waals surface area contributed by atoms with Crippen LogP contribution >= 0.6 is 11.3 Å². The van der Waals surface area contributed by atoms with Gasteiger partial charge in [0.25, 0.3) is 11.5 Å². The molecule has 4 aromatic rings. The molecule has 8 heteroatoms. The van der Waals surface area contributed by atoms with Crippen molar-refractivity contribution in [3.63, 3.8) is 0 Å². The van der Waals surface area contributed by atoms with Gasteiger partial charge in [0.1, 0.15) is 15.8 Å². The van der Waals surface area contributed by atoms with Gasteiger partial charge < -0.3 is 15.3 Å². The van der Waals surface area contributed by atoms with Crippen LogP contribution in [0.3, 0.4) is 0 Å². The monoisotopic (exact) mass is 470 g/mol. The van der Waals surface area contributed by atoms with Crippen LogP contribution in [-0.4, -0.2) is 39.7 Å². The Morgan fingerprint density at radius 3 is 2.65 bits per heavy atom. The number of aliphatic hydroxyl groups is 1. The van der Waals surface area contributed by atoms with Gasteiger partial charge in [0.05, 0.1) is 35.3 Å². The Morgan fingerprint density at radius 1 is 1.12 bits per heavy atom. The maximum Gasteiger partial charge on any atom is 0.266 e. The number of nitrogens with zero attached hydrogens (tertiary/aromatic N) is 3. The summed E-state index contributed by atoms with van der Waals surface area (Å²) in [5, 5.41) is 23.4. The second-order valence-corrected chi connectivity index (χ2v) is 9.13. The molecule has 1 saturated heterocycles. The first-order valence-electron chi connectivity index (χ1n) is 11.0. The molecule has 34 heavy (non-hydrogen) atoms.